The predicted molar refractivity (Wildman–Crippen MR) is 74.4 cm³/mol. The Balaban J connectivity index is 1.91. The van der Waals surface area contributed by atoms with Crippen molar-refractivity contribution in [1.82, 2.24) is 10.1 Å². The van der Waals surface area contributed by atoms with Gasteiger partial charge in [0.1, 0.15) is 11.6 Å². The van der Waals surface area contributed by atoms with Gasteiger partial charge in [-0.05, 0) is 44.4 Å². The number of ketones is 1. The summed E-state index contributed by atoms with van der Waals surface area (Å²) in [5, 5.41) is 4.03. The fourth-order valence-corrected chi connectivity index (χ4v) is 2.70. The molecule has 1 atom stereocenters. The standard InChI is InChI=1S/C16H17FN2O2/c1-16(2,10-6-8-11(17)9-7-10)15-18-14(21-19-15)12-4-3-5-13(12)20/h6-9,12H,3-5H2,1-2H3. The average molecular weight is 288 g/mol. The quantitative estimate of drug-likeness (QED) is 0.869. The highest BCUT2D eigenvalue weighted by Gasteiger charge is 2.34. The lowest BCUT2D eigenvalue weighted by Gasteiger charge is -2.20. The molecule has 1 saturated carbocycles. The SMILES string of the molecule is CC(C)(c1ccc(F)cc1)c1noc(C2CCCC2=O)n1. The Hall–Kier alpha value is -2.04. The molecule has 1 unspecified atom stereocenters. The van der Waals surface area contributed by atoms with Crippen LogP contribution in [0.4, 0.5) is 4.39 Å². The Morgan fingerprint density at radius 3 is 2.62 bits per heavy atom. The van der Waals surface area contributed by atoms with Crippen LogP contribution in [0.2, 0.25) is 0 Å². The maximum Gasteiger partial charge on any atom is 0.237 e. The molecule has 1 fully saturated rings. The van der Waals surface area contributed by atoms with Gasteiger partial charge in [0, 0.05) is 6.42 Å². The normalized spacial score (nSPS) is 19.2. The molecular formula is C16H17FN2O2. The molecule has 1 heterocycles. The summed E-state index contributed by atoms with van der Waals surface area (Å²) < 4.78 is 18.3. The van der Waals surface area contributed by atoms with Crippen molar-refractivity contribution >= 4 is 5.78 Å². The van der Waals surface area contributed by atoms with E-state index in [0.29, 0.717) is 18.1 Å². The van der Waals surface area contributed by atoms with Crippen molar-refractivity contribution < 1.29 is 13.7 Å². The summed E-state index contributed by atoms with van der Waals surface area (Å²) in [6.07, 6.45) is 2.24. The molecular weight excluding hydrogens is 271 g/mol. The Bertz CT molecular complexity index is 661. The van der Waals surface area contributed by atoms with E-state index in [-0.39, 0.29) is 17.5 Å². The van der Waals surface area contributed by atoms with E-state index in [1.165, 1.54) is 12.1 Å². The number of nitrogens with zero attached hydrogens (tertiary/aromatic N) is 2. The monoisotopic (exact) mass is 288 g/mol. The van der Waals surface area contributed by atoms with Gasteiger partial charge in [0.15, 0.2) is 5.82 Å². The van der Waals surface area contributed by atoms with Crippen LogP contribution < -0.4 is 0 Å². The summed E-state index contributed by atoms with van der Waals surface area (Å²) >= 11 is 0. The van der Waals surface area contributed by atoms with Crippen molar-refractivity contribution in [3.05, 3.63) is 47.4 Å². The minimum absolute atomic E-state index is 0.171. The van der Waals surface area contributed by atoms with Crippen LogP contribution >= 0.6 is 0 Å². The molecule has 21 heavy (non-hydrogen) atoms. The highest BCUT2D eigenvalue weighted by molar-refractivity contribution is 5.86. The van der Waals surface area contributed by atoms with Gasteiger partial charge in [0.2, 0.25) is 5.89 Å². The number of benzene rings is 1. The van der Waals surface area contributed by atoms with Crippen LogP contribution in [-0.2, 0) is 10.2 Å². The topological polar surface area (TPSA) is 56.0 Å². The Labute approximate surface area is 122 Å². The summed E-state index contributed by atoms with van der Waals surface area (Å²) in [5.74, 6) is 0.562. The van der Waals surface area contributed by atoms with Crippen LogP contribution in [0.3, 0.4) is 0 Å². The third-order valence-electron chi connectivity index (χ3n) is 4.17. The van der Waals surface area contributed by atoms with Gasteiger partial charge in [-0.2, -0.15) is 4.98 Å². The summed E-state index contributed by atoms with van der Waals surface area (Å²) in [7, 11) is 0. The van der Waals surface area contributed by atoms with Gasteiger partial charge in [0.05, 0.1) is 11.3 Å². The highest BCUT2D eigenvalue weighted by Crippen LogP contribution is 2.33. The number of hydrogen-bond acceptors (Lipinski definition) is 4. The molecule has 1 aromatic heterocycles. The van der Waals surface area contributed by atoms with Gasteiger partial charge < -0.3 is 4.52 Å². The van der Waals surface area contributed by atoms with Gasteiger partial charge >= 0.3 is 0 Å². The second kappa shape index (κ2) is 5.06. The molecule has 0 aliphatic heterocycles. The van der Waals surface area contributed by atoms with Gasteiger partial charge in [-0.1, -0.05) is 17.3 Å². The first-order valence-electron chi connectivity index (χ1n) is 7.11. The zero-order chi connectivity index (χ0) is 15.0. The van der Waals surface area contributed by atoms with Crippen LogP contribution in [0.1, 0.15) is 56.3 Å². The molecule has 2 aromatic rings. The first-order chi connectivity index (χ1) is 9.98. The van der Waals surface area contributed by atoms with Gasteiger partial charge in [-0.3, -0.25) is 4.79 Å². The van der Waals surface area contributed by atoms with E-state index in [2.05, 4.69) is 10.1 Å². The molecule has 1 aliphatic rings. The summed E-state index contributed by atoms with van der Waals surface area (Å²) in [5.41, 5.74) is 0.394. The minimum Gasteiger partial charge on any atom is -0.339 e. The van der Waals surface area contributed by atoms with Crippen LogP contribution in [0.25, 0.3) is 0 Å². The third kappa shape index (κ3) is 2.48. The lowest BCUT2D eigenvalue weighted by atomic mass is 9.84. The lowest BCUT2D eigenvalue weighted by Crippen LogP contribution is -2.21. The van der Waals surface area contributed by atoms with Crippen LogP contribution in [0.5, 0.6) is 0 Å². The molecule has 1 aliphatic carbocycles. The summed E-state index contributed by atoms with van der Waals surface area (Å²) in [4.78, 5) is 16.2. The van der Waals surface area contributed by atoms with E-state index in [1.807, 2.05) is 13.8 Å². The molecule has 3 rings (SSSR count). The van der Waals surface area contributed by atoms with Crippen LogP contribution in [-0.4, -0.2) is 15.9 Å². The van der Waals surface area contributed by atoms with E-state index >= 15 is 0 Å². The fraction of sp³-hybridized carbons (Fsp3) is 0.438. The van der Waals surface area contributed by atoms with Crippen LogP contribution in [0, 0.1) is 5.82 Å². The average Bonchev–Trinajstić information content (AvgIpc) is 3.07. The number of aromatic nitrogens is 2. The molecule has 110 valence electrons. The maximum atomic E-state index is 13.0. The third-order valence-corrected chi connectivity index (χ3v) is 4.17. The molecule has 5 heteroatoms. The fourth-order valence-electron chi connectivity index (χ4n) is 2.70. The van der Waals surface area contributed by atoms with Crippen molar-refractivity contribution in [3.8, 4) is 0 Å². The van der Waals surface area contributed by atoms with E-state index < -0.39 is 5.41 Å². The number of carbonyl (C=O) groups excluding carboxylic acids is 1. The van der Waals surface area contributed by atoms with Crippen molar-refractivity contribution in [3.63, 3.8) is 0 Å². The molecule has 0 bridgehead atoms. The second-order valence-corrected chi connectivity index (χ2v) is 6.00. The van der Waals surface area contributed by atoms with Gasteiger partial charge in [-0.25, -0.2) is 4.39 Å². The molecule has 0 spiro atoms. The van der Waals surface area contributed by atoms with Crippen LogP contribution in [0.15, 0.2) is 28.8 Å². The Kier molecular flexibility index (Phi) is 3.35. The second-order valence-electron chi connectivity index (χ2n) is 6.00. The van der Waals surface area contributed by atoms with Crippen molar-refractivity contribution in [2.45, 2.75) is 44.4 Å². The first-order valence-corrected chi connectivity index (χ1v) is 7.11. The molecule has 0 radical (unpaired) electrons. The van der Waals surface area contributed by atoms with Crippen molar-refractivity contribution in [1.29, 1.82) is 0 Å². The van der Waals surface area contributed by atoms with E-state index in [0.717, 1.165) is 18.4 Å². The van der Waals surface area contributed by atoms with Crippen molar-refractivity contribution in [2.75, 3.05) is 0 Å². The largest absolute Gasteiger partial charge is 0.339 e. The summed E-state index contributed by atoms with van der Waals surface area (Å²) in [6.45, 7) is 3.90. The number of hydrogen-bond donors (Lipinski definition) is 0. The molecule has 0 saturated heterocycles. The van der Waals surface area contributed by atoms with E-state index in [1.54, 1.807) is 12.1 Å². The Morgan fingerprint density at radius 1 is 1.29 bits per heavy atom. The molecule has 0 N–H and O–H groups in total. The lowest BCUT2D eigenvalue weighted by molar-refractivity contribution is -0.119. The highest BCUT2D eigenvalue weighted by atomic mass is 19.1. The van der Waals surface area contributed by atoms with Gasteiger partial charge in [0.25, 0.3) is 0 Å². The zero-order valence-electron chi connectivity index (χ0n) is 12.1. The minimum atomic E-state index is -0.503. The maximum absolute atomic E-state index is 13.0. The van der Waals surface area contributed by atoms with Crippen molar-refractivity contribution in [2.24, 2.45) is 0 Å². The van der Waals surface area contributed by atoms with E-state index in [9.17, 15) is 9.18 Å². The predicted octanol–water partition coefficient (Wildman–Crippen LogP) is 3.37. The first kappa shape index (κ1) is 13.9. The zero-order valence-corrected chi connectivity index (χ0v) is 12.1. The van der Waals surface area contributed by atoms with Gasteiger partial charge in [-0.15, -0.1) is 0 Å². The molecule has 4 nitrogen and oxygen atoms in total. The smallest absolute Gasteiger partial charge is 0.237 e. The number of halogens is 1. The Morgan fingerprint density at radius 2 is 2.00 bits per heavy atom. The molecule has 0 amide bonds. The summed E-state index contributed by atoms with van der Waals surface area (Å²) in [6, 6.07) is 6.26. The molecule has 1 aromatic carbocycles. The number of rotatable bonds is 3. The number of carbonyl (C=O) groups is 1. The van der Waals surface area contributed by atoms with E-state index in [4.69, 9.17) is 4.52 Å². The number of Topliss-reactive ketones (excluding diaryl/α,β-unsaturated/α-hetero) is 1.